The van der Waals surface area contributed by atoms with Crippen LogP contribution in [-0.2, 0) is 4.74 Å². The van der Waals surface area contributed by atoms with Crippen molar-refractivity contribution < 1.29 is 18.7 Å². The molecule has 0 saturated carbocycles. The van der Waals surface area contributed by atoms with Crippen LogP contribution in [0.3, 0.4) is 0 Å². The number of rotatable bonds is 1. The number of aryl methyl sites for hydroxylation is 2. The van der Waals surface area contributed by atoms with Gasteiger partial charge in [0.2, 0.25) is 0 Å². The first-order chi connectivity index (χ1) is 12.7. The van der Waals surface area contributed by atoms with Crippen molar-refractivity contribution in [1.29, 1.82) is 0 Å². The largest absolute Gasteiger partial charge is 0.451 e. The fraction of sp³-hybridized carbons (Fsp3) is 0.524. The summed E-state index contributed by atoms with van der Waals surface area (Å²) in [6.07, 6.45) is 0.385. The summed E-state index contributed by atoms with van der Waals surface area (Å²) in [5.74, 6) is 0.272. The van der Waals surface area contributed by atoms with Crippen molar-refractivity contribution in [2.24, 2.45) is 0 Å². The van der Waals surface area contributed by atoms with Gasteiger partial charge in [-0.1, -0.05) is 11.6 Å². The smallest absolute Gasteiger partial charge is 0.410 e. The molecule has 2 heterocycles. The van der Waals surface area contributed by atoms with E-state index in [-0.39, 0.29) is 12.0 Å². The fourth-order valence-corrected chi connectivity index (χ4v) is 3.31. The Balaban J connectivity index is 1.73. The summed E-state index contributed by atoms with van der Waals surface area (Å²) in [4.78, 5) is 28.8. The normalized spacial score (nSPS) is 15.7. The molecule has 1 saturated heterocycles. The molecular weight excluding hydrogens is 344 g/mol. The highest BCUT2D eigenvalue weighted by Gasteiger charge is 2.28. The molecule has 1 aliphatic heterocycles. The Kier molecular flexibility index (Phi) is 5.18. The highest BCUT2D eigenvalue weighted by Crippen LogP contribution is 2.27. The summed E-state index contributed by atoms with van der Waals surface area (Å²) in [5.41, 5.74) is 2.20. The molecular formula is C21H28N2O4. The van der Waals surface area contributed by atoms with Crippen molar-refractivity contribution in [1.82, 2.24) is 9.80 Å². The number of hydrogen-bond acceptors (Lipinski definition) is 4. The van der Waals surface area contributed by atoms with E-state index in [1.54, 1.807) is 9.80 Å². The first-order valence-corrected chi connectivity index (χ1v) is 9.42. The summed E-state index contributed by atoms with van der Waals surface area (Å²) >= 11 is 0. The third-order valence-corrected chi connectivity index (χ3v) is 4.72. The van der Waals surface area contributed by atoms with E-state index >= 15 is 0 Å². The van der Waals surface area contributed by atoms with Crippen molar-refractivity contribution in [2.45, 2.75) is 46.6 Å². The van der Waals surface area contributed by atoms with Gasteiger partial charge in [0.1, 0.15) is 11.2 Å². The molecule has 27 heavy (non-hydrogen) atoms. The molecule has 1 aromatic heterocycles. The van der Waals surface area contributed by atoms with Crippen molar-refractivity contribution in [3.05, 3.63) is 35.1 Å². The number of amides is 2. The summed E-state index contributed by atoms with van der Waals surface area (Å²) < 4.78 is 11.3. The van der Waals surface area contributed by atoms with Crippen LogP contribution >= 0.6 is 0 Å². The molecule has 3 rings (SSSR count). The second-order valence-corrected chi connectivity index (χ2v) is 8.17. The van der Waals surface area contributed by atoms with Crippen LogP contribution in [0.5, 0.6) is 0 Å². The minimum Gasteiger partial charge on any atom is -0.451 e. The van der Waals surface area contributed by atoms with E-state index in [0.717, 1.165) is 22.1 Å². The van der Waals surface area contributed by atoms with Gasteiger partial charge in [-0.2, -0.15) is 0 Å². The van der Waals surface area contributed by atoms with Gasteiger partial charge in [0.15, 0.2) is 5.76 Å². The molecule has 2 amide bonds. The van der Waals surface area contributed by atoms with E-state index in [1.165, 1.54) is 0 Å². The number of furan rings is 1. The van der Waals surface area contributed by atoms with Crippen molar-refractivity contribution in [3.8, 4) is 0 Å². The average Bonchev–Trinajstić information content (AvgIpc) is 2.76. The second-order valence-electron chi connectivity index (χ2n) is 8.17. The average molecular weight is 372 g/mol. The van der Waals surface area contributed by atoms with Gasteiger partial charge < -0.3 is 19.0 Å². The molecule has 2 aromatic rings. The summed E-state index contributed by atoms with van der Waals surface area (Å²) in [7, 11) is 0. The van der Waals surface area contributed by atoms with Crippen LogP contribution in [-0.4, -0.2) is 53.6 Å². The quantitative estimate of drug-likeness (QED) is 0.755. The SMILES string of the molecule is Cc1ccc2oc(C(=O)N3CCCN(C(=O)OC(C)(C)C)CC3)c(C)c2c1. The maximum Gasteiger partial charge on any atom is 0.410 e. The van der Waals surface area contributed by atoms with Crippen LogP contribution in [0.4, 0.5) is 4.79 Å². The molecule has 1 fully saturated rings. The molecule has 0 spiro atoms. The third-order valence-electron chi connectivity index (χ3n) is 4.72. The number of hydrogen-bond donors (Lipinski definition) is 0. The number of ether oxygens (including phenoxy) is 1. The minimum absolute atomic E-state index is 0.118. The Morgan fingerprint density at radius 1 is 1.04 bits per heavy atom. The van der Waals surface area contributed by atoms with Crippen LogP contribution in [0.15, 0.2) is 22.6 Å². The standard InChI is InChI=1S/C21H28N2O4/c1-14-7-8-17-16(13-14)15(2)18(26-17)19(24)22-9-6-10-23(12-11-22)20(25)27-21(3,4)5/h7-8,13H,6,9-12H2,1-5H3. The topological polar surface area (TPSA) is 63.0 Å². The van der Waals surface area contributed by atoms with E-state index in [4.69, 9.17) is 9.15 Å². The maximum atomic E-state index is 13.0. The zero-order chi connectivity index (χ0) is 19.8. The third kappa shape index (κ3) is 4.26. The molecule has 1 aromatic carbocycles. The van der Waals surface area contributed by atoms with Gasteiger partial charge >= 0.3 is 6.09 Å². The predicted molar refractivity (Wildman–Crippen MR) is 104 cm³/mol. The maximum absolute atomic E-state index is 13.0. The van der Waals surface area contributed by atoms with Gasteiger partial charge in [0.25, 0.3) is 5.91 Å². The van der Waals surface area contributed by atoms with E-state index in [9.17, 15) is 9.59 Å². The number of fused-ring (bicyclic) bond motifs is 1. The Morgan fingerprint density at radius 3 is 2.41 bits per heavy atom. The van der Waals surface area contributed by atoms with Gasteiger partial charge in [-0.3, -0.25) is 4.79 Å². The van der Waals surface area contributed by atoms with E-state index in [2.05, 4.69) is 0 Å². The zero-order valence-corrected chi connectivity index (χ0v) is 16.8. The van der Waals surface area contributed by atoms with Crippen LogP contribution < -0.4 is 0 Å². The molecule has 0 atom stereocenters. The molecule has 1 aliphatic rings. The van der Waals surface area contributed by atoms with E-state index in [1.807, 2.05) is 52.8 Å². The van der Waals surface area contributed by atoms with Gasteiger partial charge in [-0.25, -0.2) is 4.79 Å². The molecule has 0 N–H and O–H groups in total. The van der Waals surface area contributed by atoms with Gasteiger partial charge in [0, 0.05) is 37.1 Å². The van der Waals surface area contributed by atoms with Crippen LogP contribution in [0.2, 0.25) is 0 Å². The van der Waals surface area contributed by atoms with E-state index < -0.39 is 5.60 Å². The number of nitrogens with zero attached hydrogens (tertiary/aromatic N) is 2. The lowest BCUT2D eigenvalue weighted by Gasteiger charge is -2.26. The molecule has 146 valence electrons. The van der Waals surface area contributed by atoms with Gasteiger partial charge in [-0.15, -0.1) is 0 Å². The molecule has 0 unspecified atom stereocenters. The predicted octanol–water partition coefficient (Wildman–Crippen LogP) is 4.13. The molecule has 0 aliphatic carbocycles. The highest BCUT2D eigenvalue weighted by atomic mass is 16.6. The summed E-state index contributed by atoms with van der Waals surface area (Å²) in [6.45, 7) is 11.6. The highest BCUT2D eigenvalue weighted by molar-refractivity contribution is 5.99. The monoisotopic (exact) mass is 372 g/mol. The van der Waals surface area contributed by atoms with Crippen LogP contribution in [0, 0.1) is 13.8 Å². The Labute approximate surface area is 160 Å². The molecule has 0 bridgehead atoms. The van der Waals surface area contributed by atoms with Crippen molar-refractivity contribution >= 4 is 23.0 Å². The number of carbonyl (C=O) groups excluding carboxylic acids is 2. The molecule has 6 heteroatoms. The van der Waals surface area contributed by atoms with Crippen LogP contribution in [0.25, 0.3) is 11.0 Å². The Morgan fingerprint density at radius 2 is 1.70 bits per heavy atom. The lowest BCUT2D eigenvalue weighted by atomic mass is 10.1. The fourth-order valence-electron chi connectivity index (χ4n) is 3.31. The molecule has 0 radical (unpaired) electrons. The minimum atomic E-state index is -0.525. The lowest BCUT2D eigenvalue weighted by molar-refractivity contribution is 0.0255. The summed E-state index contributed by atoms with van der Waals surface area (Å²) in [6, 6.07) is 5.92. The second kappa shape index (κ2) is 7.25. The Bertz CT molecular complexity index is 863. The van der Waals surface area contributed by atoms with Crippen LogP contribution in [0.1, 0.15) is 48.9 Å². The van der Waals surface area contributed by atoms with Gasteiger partial charge in [-0.05, 0) is 53.2 Å². The number of benzene rings is 1. The van der Waals surface area contributed by atoms with Crippen molar-refractivity contribution in [3.63, 3.8) is 0 Å². The Hall–Kier alpha value is -2.50. The molecule has 6 nitrogen and oxygen atoms in total. The van der Waals surface area contributed by atoms with E-state index in [0.29, 0.717) is 38.4 Å². The lowest BCUT2D eigenvalue weighted by Crippen LogP contribution is -2.40. The van der Waals surface area contributed by atoms with Gasteiger partial charge in [0.05, 0.1) is 0 Å². The van der Waals surface area contributed by atoms with Crippen molar-refractivity contribution in [2.75, 3.05) is 26.2 Å². The summed E-state index contributed by atoms with van der Waals surface area (Å²) in [5, 5.41) is 0.976. The zero-order valence-electron chi connectivity index (χ0n) is 16.8. The first kappa shape index (κ1) is 19.3. The number of carbonyl (C=O) groups is 2. The first-order valence-electron chi connectivity index (χ1n) is 9.42.